The van der Waals surface area contributed by atoms with Gasteiger partial charge < -0.3 is 24.8 Å². The smallest absolute Gasteiger partial charge is 0.459 e. The normalized spacial score (nSPS) is 19.6. The summed E-state index contributed by atoms with van der Waals surface area (Å²) in [6.07, 6.45) is 14.9. The molecule has 4 N–H and O–H groups in total. The summed E-state index contributed by atoms with van der Waals surface area (Å²) in [7, 11) is -4.40. The van der Waals surface area contributed by atoms with E-state index in [9.17, 15) is 18.9 Å². The molecule has 1 saturated heterocycles. The first kappa shape index (κ1) is 46.1. The van der Waals surface area contributed by atoms with Crippen molar-refractivity contribution in [1.82, 2.24) is 24.6 Å². The van der Waals surface area contributed by atoms with Gasteiger partial charge in [-0.2, -0.15) is 19.4 Å². The highest BCUT2D eigenvalue weighted by Crippen LogP contribution is 2.48. The second-order valence-corrected chi connectivity index (χ2v) is 17.7. The van der Waals surface area contributed by atoms with Crippen LogP contribution in [0.15, 0.2) is 67.0 Å². The molecule has 5 atom stereocenters. The zero-order valence-electron chi connectivity index (χ0n) is 35.0. The Balaban J connectivity index is 1.31. The molecule has 0 amide bonds. The minimum Gasteiger partial charge on any atom is -0.464 e. The van der Waals surface area contributed by atoms with Crippen molar-refractivity contribution in [3.8, 4) is 5.75 Å². The number of nitrogens with one attached hydrogen (secondary N) is 1. The molecule has 0 radical (unpaired) electrons. The van der Waals surface area contributed by atoms with Gasteiger partial charge >= 0.3 is 19.8 Å². The molecule has 15 heteroatoms. The number of ether oxygens (including phenoxy) is 2. The van der Waals surface area contributed by atoms with E-state index in [0.717, 1.165) is 44.1 Å². The molecule has 2 aromatic carbocycles. The average molecular weight is 839 g/mol. The summed E-state index contributed by atoms with van der Waals surface area (Å²) in [5.41, 5.74) is 5.55. The molecule has 3 heterocycles. The highest BCUT2D eigenvalue weighted by atomic mass is 31.2. The van der Waals surface area contributed by atoms with Gasteiger partial charge in [0.25, 0.3) is 0 Å². The highest BCUT2D eigenvalue weighted by Gasteiger charge is 2.48. The van der Waals surface area contributed by atoms with E-state index in [2.05, 4.69) is 33.9 Å². The maximum atomic E-state index is 14.9. The van der Waals surface area contributed by atoms with Crippen LogP contribution in [-0.2, 0) is 29.8 Å². The van der Waals surface area contributed by atoms with Crippen LogP contribution < -0.4 is 15.3 Å². The number of unbranched alkanes of at least 4 members (excludes halogenated alkanes) is 10. The van der Waals surface area contributed by atoms with Gasteiger partial charge in [-0.1, -0.05) is 139 Å². The summed E-state index contributed by atoms with van der Waals surface area (Å²) in [6, 6.07) is 16.8. The van der Waals surface area contributed by atoms with Crippen molar-refractivity contribution in [3.05, 3.63) is 78.6 Å². The lowest BCUT2D eigenvalue weighted by atomic mass is 9.94. The third-order valence-corrected chi connectivity index (χ3v) is 12.6. The summed E-state index contributed by atoms with van der Waals surface area (Å²) < 4.78 is 55.1. The Kier molecular flexibility index (Phi) is 18.1. The summed E-state index contributed by atoms with van der Waals surface area (Å²) in [5, 5.41) is 14.2. The quantitative estimate of drug-likeness (QED) is 0.0225. The minimum absolute atomic E-state index is 0.0513. The molecule has 324 valence electrons. The molecular formula is C44H64FN6O7P. The number of fused-ring (bicyclic) bond motifs is 1. The molecule has 13 nitrogen and oxygen atoms in total. The van der Waals surface area contributed by atoms with Crippen LogP contribution in [0.25, 0.3) is 11.2 Å². The van der Waals surface area contributed by atoms with Crippen LogP contribution in [0, 0.1) is 12.0 Å². The molecule has 4 aromatic rings. The fraction of sp³-hybridized carbons (Fsp3) is 0.591. The van der Waals surface area contributed by atoms with Crippen molar-refractivity contribution in [2.45, 2.75) is 147 Å². The number of carbonyl (C=O) groups excluding carboxylic acids is 1. The standard InChI is InChI=1S/C44H64FN6O7P/c1-4-6-8-10-12-16-24-34(25-17-13-11-9-7-5-2)30-55-42(53)36(28-33-22-18-14-19-23-33)50-59(54,58-35-26-20-15-21-27-35)56-31-44(3)37(52)29-38(57-44)51-32-47-39-40(46)48-43(45)49-41(39)51/h14-15,18-23,26-27,32,34,36-38,52H,4-13,16-17,24-25,28-31H2,1-3H3,(H,50,54)(H2,46,48,49)/t36-,37-,38+,44+,59-/m0/s1. The predicted octanol–water partition coefficient (Wildman–Crippen LogP) is 9.65. The Labute approximate surface area is 348 Å². The summed E-state index contributed by atoms with van der Waals surface area (Å²) in [4.78, 5) is 25.7. The molecule has 0 spiro atoms. The largest absolute Gasteiger partial charge is 0.464 e. The fourth-order valence-corrected chi connectivity index (χ4v) is 9.07. The second-order valence-electron chi connectivity index (χ2n) is 16.0. The number of aliphatic hydroxyl groups excluding tert-OH is 1. The van der Waals surface area contributed by atoms with Crippen LogP contribution in [0.4, 0.5) is 10.2 Å². The Bertz CT molecular complexity index is 1890. The number of para-hydroxylation sites is 1. The van der Waals surface area contributed by atoms with E-state index in [1.807, 2.05) is 30.3 Å². The van der Waals surface area contributed by atoms with Gasteiger partial charge in [0.2, 0.25) is 0 Å². The second kappa shape index (κ2) is 23.2. The molecule has 0 aliphatic carbocycles. The number of esters is 1. The summed E-state index contributed by atoms with van der Waals surface area (Å²) in [5.74, 6) is -0.226. The van der Waals surface area contributed by atoms with E-state index in [-0.39, 0.29) is 48.1 Å². The molecule has 0 saturated carbocycles. The number of aliphatic hydroxyl groups is 1. The van der Waals surface area contributed by atoms with Gasteiger partial charge in [0, 0.05) is 6.42 Å². The number of aromatic nitrogens is 4. The maximum Gasteiger partial charge on any atom is 0.459 e. The number of nitrogens with zero attached hydrogens (tertiary/aromatic N) is 4. The van der Waals surface area contributed by atoms with Gasteiger partial charge in [-0.05, 0) is 49.8 Å². The molecule has 0 bridgehead atoms. The molecular weight excluding hydrogens is 774 g/mol. The summed E-state index contributed by atoms with van der Waals surface area (Å²) >= 11 is 0. The van der Waals surface area contributed by atoms with Gasteiger partial charge in [0.05, 0.1) is 25.6 Å². The van der Waals surface area contributed by atoms with E-state index < -0.39 is 50.4 Å². The number of benzene rings is 2. The third-order valence-electron chi connectivity index (χ3n) is 11.0. The SMILES string of the molecule is CCCCCCCCC(CCCCCCCC)COC(=O)[C@H](Cc1ccccc1)N[P@](=O)(OC[C@@]1(C)O[C@@H](n2cnc3c(N)nc(F)nc32)C[C@@H]1O)Oc1ccccc1. The van der Waals surface area contributed by atoms with Crippen LogP contribution in [0.2, 0.25) is 0 Å². The Morgan fingerprint density at radius 3 is 2.22 bits per heavy atom. The number of nitrogens with two attached hydrogens (primary N) is 1. The molecule has 1 aliphatic heterocycles. The molecule has 0 unspecified atom stereocenters. The van der Waals surface area contributed by atoms with Gasteiger partial charge in [0.15, 0.2) is 17.0 Å². The lowest BCUT2D eigenvalue weighted by molar-refractivity contribution is -0.147. The topological polar surface area (TPSA) is 173 Å². The van der Waals surface area contributed by atoms with Crippen molar-refractivity contribution >= 4 is 30.7 Å². The van der Waals surface area contributed by atoms with E-state index in [0.29, 0.717) is 0 Å². The van der Waals surface area contributed by atoms with Crippen LogP contribution in [0.3, 0.4) is 0 Å². The average Bonchev–Trinajstić information content (AvgIpc) is 3.78. The molecule has 59 heavy (non-hydrogen) atoms. The van der Waals surface area contributed by atoms with Gasteiger partial charge in [0.1, 0.15) is 23.6 Å². The summed E-state index contributed by atoms with van der Waals surface area (Å²) in [6.45, 7) is 5.90. The zero-order valence-corrected chi connectivity index (χ0v) is 35.9. The number of carbonyl (C=O) groups is 1. The first-order valence-electron chi connectivity index (χ1n) is 21.5. The number of nitrogen functional groups attached to an aromatic ring is 1. The van der Waals surface area contributed by atoms with Crippen molar-refractivity contribution in [3.63, 3.8) is 0 Å². The van der Waals surface area contributed by atoms with E-state index >= 15 is 0 Å². The number of anilines is 1. The fourth-order valence-electron chi connectivity index (χ4n) is 7.48. The minimum atomic E-state index is -4.40. The zero-order chi connectivity index (χ0) is 42.1. The number of halogens is 1. The van der Waals surface area contributed by atoms with Crippen LogP contribution >= 0.6 is 7.75 Å². The first-order valence-corrected chi connectivity index (χ1v) is 23.1. The van der Waals surface area contributed by atoms with Crippen molar-refractivity contribution in [2.24, 2.45) is 5.92 Å². The lowest BCUT2D eigenvalue weighted by Gasteiger charge is -2.31. The highest BCUT2D eigenvalue weighted by molar-refractivity contribution is 7.52. The number of rotatable bonds is 27. The van der Waals surface area contributed by atoms with Crippen molar-refractivity contribution in [1.29, 1.82) is 0 Å². The Morgan fingerprint density at radius 1 is 0.966 bits per heavy atom. The molecule has 2 aromatic heterocycles. The molecule has 5 rings (SSSR count). The van der Waals surface area contributed by atoms with Crippen molar-refractivity contribution in [2.75, 3.05) is 18.9 Å². The van der Waals surface area contributed by atoms with E-state index in [1.165, 1.54) is 62.3 Å². The van der Waals surface area contributed by atoms with Gasteiger partial charge in [-0.3, -0.25) is 13.9 Å². The maximum absolute atomic E-state index is 14.9. The van der Waals surface area contributed by atoms with Gasteiger partial charge in [-0.15, -0.1) is 0 Å². The monoisotopic (exact) mass is 838 g/mol. The third kappa shape index (κ3) is 14.1. The van der Waals surface area contributed by atoms with Crippen LogP contribution in [0.1, 0.15) is 129 Å². The van der Waals surface area contributed by atoms with Crippen LogP contribution in [-0.4, -0.2) is 61.6 Å². The van der Waals surface area contributed by atoms with E-state index in [4.69, 9.17) is 24.3 Å². The lowest BCUT2D eigenvalue weighted by Crippen LogP contribution is -2.43. The van der Waals surface area contributed by atoms with E-state index in [1.54, 1.807) is 37.3 Å². The van der Waals surface area contributed by atoms with Gasteiger partial charge in [-0.25, -0.2) is 9.55 Å². The molecule has 1 aliphatic rings. The first-order chi connectivity index (χ1) is 28.5. The number of hydrogen-bond donors (Lipinski definition) is 3. The number of hydrogen-bond acceptors (Lipinski definition) is 11. The van der Waals surface area contributed by atoms with Crippen molar-refractivity contribution < 1.29 is 37.4 Å². The number of imidazole rings is 1. The Hall–Kier alpha value is -3.94. The van der Waals surface area contributed by atoms with Crippen LogP contribution in [0.5, 0.6) is 5.75 Å². The Morgan fingerprint density at radius 2 is 1.58 bits per heavy atom. The predicted molar refractivity (Wildman–Crippen MR) is 227 cm³/mol. The molecule has 1 fully saturated rings.